The number of rotatable bonds is 3. The molecule has 0 aliphatic carbocycles. The fraction of sp³-hybridized carbons (Fsp3) is 0.400. The second-order valence-corrected chi connectivity index (χ2v) is 3.39. The molecule has 0 heterocycles. The van der Waals surface area contributed by atoms with E-state index >= 15 is 0 Å². The maximum atomic E-state index is 9.24. The van der Waals surface area contributed by atoms with Crippen LogP contribution in [-0.2, 0) is 0 Å². The van der Waals surface area contributed by atoms with Gasteiger partial charge in [0.2, 0.25) is 0 Å². The number of hydrogen-bond donors (Lipinski definition) is 1. The second kappa shape index (κ2) is 4.49. The molecule has 0 amide bonds. The van der Waals surface area contributed by atoms with E-state index in [4.69, 9.17) is 16.3 Å². The smallest absolute Gasteiger partial charge is 0.118 e. The van der Waals surface area contributed by atoms with Gasteiger partial charge in [0.05, 0.1) is 18.6 Å². The standard InChI is InChI=1S/C10H13ClO2/c1-7(12)10(11)8-3-5-9(13-2)6-4-8/h3-7,10,12H,1-2H3. The van der Waals surface area contributed by atoms with Crippen molar-refractivity contribution in [2.24, 2.45) is 0 Å². The summed E-state index contributed by atoms with van der Waals surface area (Å²) in [6, 6.07) is 7.35. The Labute approximate surface area is 83.1 Å². The van der Waals surface area contributed by atoms with Crippen LogP contribution in [0, 0.1) is 0 Å². The van der Waals surface area contributed by atoms with Crippen molar-refractivity contribution in [3.8, 4) is 5.75 Å². The third-order valence-electron chi connectivity index (χ3n) is 1.86. The van der Waals surface area contributed by atoms with E-state index in [9.17, 15) is 5.11 Å². The summed E-state index contributed by atoms with van der Waals surface area (Å²) in [7, 11) is 1.61. The van der Waals surface area contributed by atoms with Crippen LogP contribution in [0.15, 0.2) is 24.3 Å². The highest BCUT2D eigenvalue weighted by atomic mass is 35.5. The lowest BCUT2D eigenvalue weighted by molar-refractivity contribution is 0.190. The van der Waals surface area contributed by atoms with Gasteiger partial charge >= 0.3 is 0 Å². The molecule has 72 valence electrons. The molecular formula is C10H13ClO2. The van der Waals surface area contributed by atoms with E-state index in [1.54, 1.807) is 14.0 Å². The van der Waals surface area contributed by atoms with Crippen molar-refractivity contribution >= 4 is 11.6 Å². The maximum Gasteiger partial charge on any atom is 0.118 e. The first-order chi connectivity index (χ1) is 6.15. The Morgan fingerprint density at radius 1 is 1.31 bits per heavy atom. The molecule has 0 radical (unpaired) electrons. The van der Waals surface area contributed by atoms with Gasteiger partial charge in [0.1, 0.15) is 5.75 Å². The first-order valence-electron chi connectivity index (χ1n) is 4.11. The Kier molecular flexibility index (Phi) is 3.58. The van der Waals surface area contributed by atoms with Gasteiger partial charge < -0.3 is 9.84 Å². The monoisotopic (exact) mass is 200 g/mol. The van der Waals surface area contributed by atoms with E-state index in [1.165, 1.54) is 0 Å². The minimum atomic E-state index is -0.546. The number of aliphatic hydroxyl groups excluding tert-OH is 1. The summed E-state index contributed by atoms with van der Waals surface area (Å²) in [5.74, 6) is 0.790. The average molecular weight is 201 g/mol. The van der Waals surface area contributed by atoms with Crippen LogP contribution in [0.2, 0.25) is 0 Å². The third-order valence-corrected chi connectivity index (χ3v) is 2.47. The number of aliphatic hydroxyl groups is 1. The van der Waals surface area contributed by atoms with Crippen molar-refractivity contribution in [1.82, 2.24) is 0 Å². The van der Waals surface area contributed by atoms with Gasteiger partial charge in [-0.25, -0.2) is 0 Å². The molecule has 2 unspecified atom stereocenters. The molecule has 0 saturated carbocycles. The number of methoxy groups -OCH3 is 1. The second-order valence-electron chi connectivity index (χ2n) is 2.92. The molecule has 1 N–H and O–H groups in total. The number of halogens is 1. The Morgan fingerprint density at radius 3 is 2.23 bits per heavy atom. The third kappa shape index (κ3) is 2.61. The van der Waals surface area contributed by atoms with E-state index in [-0.39, 0.29) is 5.38 Å². The lowest BCUT2D eigenvalue weighted by Crippen LogP contribution is -2.08. The van der Waals surface area contributed by atoms with Gasteiger partial charge in [0, 0.05) is 0 Å². The summed E-state index contributed by atoms with van der Waals surface area (Å²) < 4.78 is 5.00. The fourth-order valence-electron chi connectivity index (χ4n) is 1.07. The van der Waals surface area contributed by atoms with Crippen LogP contribution in [0.1, 0.15) is 17.9 Å². The number of benzene rings is 1. The van der Waals surface area contributed by atoms with Crippen molar-refractivity contribution in [3.63, 3.8) is 0 Å². The highest BCUT2D eigenvalue weighted by Crippen LogP contribution is 2.25. The van der Waals surface area contributed by atoms with Crippen molar-refractivity contribution < 1.29 is 9.84 Å². The van der Waals surface area contributed by atoms with E-state index < -0.39 is 6.10 Å². The lowest BCUT2D eigenvalue weighted by Gasteiger charge is -2.12. The highest BCUT2D eigenvalue weighted by Gasteiger charge is 2.13. The number of hydrogen-bond acceptors (Lipinski definition) is 2. The van der Waals surface area contributed by atoms with E-state index in [0.717, 1.165) is 11.3 Å². The van der Waals surface area contributed by atoms with Crippen molar-refractivity contribution in [1.29, 1.82) is 0 Å². The van der Waals surface area contributed by atoms with E-state index in [2.05, 4.69) is 0 Å². The van der Waals surface area contributed by atoms with Gasteiger partial charge in [0.25, 0.3) is 0 Å². The van der Waals surface area contributed by atoms with Gasteiger partial charge in [-0.05, 0) is 24.6 Å². The quantitative estimate of drug-likeness (QED) is 0.760. The number of ether oxygens (including phenoxy) is 1. The summed E-state index contributed by atoms with van der Waals surface area (Å²) in [6.45, 7) is 1.67. The minimum absolute atomic E-state index is 0.356. The van der Waals surface area contributed by atoms with Crippen LogP contribution in [0.4, 0.5) is 0 Å². The van der Waals surface area contributed by atoms with Crippen molar-refractivity contribution in [2.75, 3.05) is 7.11 Å². The molecule has 3 heteroatoms. The molecular weight excluding hydrogens is 188 g/mol. The largest absolute Gasteiger partial charge is 0.497 e. The van der Waals surface area contributed by atoms with Crippen molar-refractivity contribution in [3.05, 3.63) is 29.8 Å². The SMILES string of the molecule is COc1ccc(C(Cl)C(C)O)cc1. The Balaban J connectivity index is 2.79. The summed E-state index contributed by atoms with van der Waals surface area (Å²) in [5, 5.41) is 8.88. The Bertz CT molecular complexity index is 256. The Hall–Kier alpha value is -0.730. The zero-order valence-electron chi connectivity index (χ0n) is 7.70. The molecule has 0 aliphatic rings. The molecule has 1 rings (SSSR count). The predicted molar refractivity (Wildman–Crippen MR) is 53.3 cm³/mol. The highest BCUT2D eigenvalue weighted by molar-refractivity contribution is 6.21. The van der Waals surface area contributed by atoms with Crippen LogP contribution < -0.4 is 4.74 Å². The van der Waals surface area contributed by atoms with Crippen molar-refractivity contribution in [2.45, 2.75) is 18.4 Å². The summed E-state index contributed by atoms with van der Waals surface area (Å²) in [4.78, 5) is 0. The zero-order chi connectivity index (χ0) is 9.84. The fourth-order valence-corrected chi connectivity index (χ4v) is 1.21. The minimum Gasteiger partial charge on any atom is -0.497 e. The topological polar surface area (TPSA) is 29.5 Å². The van der Waals surface area contributed by atoms with Crippen LogP contribution in [0.25, 0.3) is 0 Å². The van der Waals surface area contributed by atoms with E-state index in [0.29, 0.717) is 0 Å². The molecule has 1 aromatic carbocycles. The maximum absolute atomic E-state index is 9.24. The molecule has 13 heavy (non-hydrogen) atoms. The molecule has 0 aliphatic heterocycles. The molecule has 0 saturated heterocycles. The predicted octanol–water partition coefficient (Wildman–Crippen LogP) is 2.36. The lowest BCUT2D eigenvalue weighted by atomic mass is 10.1. The summed E-state index contributed by atoms with van der Waals surface area (Å²) in [6.07, 6.45) is -0.546. The van der Waals surface area contributed by atoms with Gasteiger partial charge in [-0.1, -0.05) is 12.1 Å². The number of alkyl halides is 1. The van der Waals surface area contributed by atoms with Crippen LogP contribution in [0.3, 0.4) is 0 Å². The average Bonchev–Trinajstić information content (AvgIpc) is 2.17. The van der Waals surface area contributed by atoms with Gasteiger partial charge in [-0.3, -0.25) is 0 Å². The summed E-state index contributed by atoms with van der Waals surface area (Å²) >= 11 is 5.95. The first kappa shape index (κ1) is 10.4. The molecule has 0 spiro atoms. The molecule has 1 aromatic rings. The van der Waals surface area contributed by atoms with Crippen LogP contribution in [-0.4, -0.2) is 18.3 Å². The zero-order valence-corrected chi connectivity index (χ0v) is 8.45. The van der Waals surface area contributed by atoms with Gasteiger partial charge in [-0.15, -0.1) is 11.6 Å². The molecule has 2 nitrogen and oxygen atoms in total. The van der Waals surface area contributed by atoms with Gasteiger partial charge in [-0.2, -0.15) is 0 Å². The normalized spacial score (nSPS) is 15.1. The molecule has 0 aromatic heterocycles. The molecule has 2 atom stereocenters. The Morgan fingerprint density at radius 2 is 1.85 bits per heavy atom. The molecule has 0 bridgehead atoms. The molecule has 0 fully saturated rings. The van der Waals surface area contributed by atoms with E-state index in [1.807, 2.05) is 24.3 Å². The van der Waals surface area contributed by atoms with Crippen LogP contribution >= 0.6 is 11.6 Å². The first-order valence-corrected chi connectivity index (χ1v) is 4.55. The summed E-state index contributed by atoms with van der Waals surface area (Å²) in [5.41, 5.74) is 0.900. The van der Waals surface area contributed by atoms with Gasteiger partial charge in [0.15, 0.2) is 0 Å². The van der Waals surface area contributed by atoms with Crippen LogP contribution in [0.5, 0.6) is 5.75 Å².